The van der Waals surface area contributed by atoms with Gasteiger partial charge in [-0.05, 0) is 30.7 Å². The number of allylic oxidation sites excluding steroid dienone is 1. The quantitative estimate of drug-likeness (QED) is 0.276. The summed E-state index contributed by atoms with van der Waals surface area (Å²) in [6.45, 7) is 6.39. The predicted molar refractivity (Wildman–Crippen MR) is 122 cm³/mol. The van der Waals surface area contributed by atoms with Crippen molar-refractivity contribution in [1.82, 2.24) is 20.1 Å². The monoisotopic (exact) mass is 484 g/mol. The van der Waals surface area contributed by atoms with Crippen LogP contribution in [0.4, 0.5) is 0 Å². The van der Waals surface area contributed by atoms with Gasteiger partial charge in [-0.1, -0.05) is 64.1 Å². The lowest BCUT2D eigenvalue weighted by Gasteiger charge is -2.10. The molecular weight excluding hydrogens is 464 g/mol. The van der Waals surface area contributed by atoms with Gasteiger partial charge in [0.25, 0.3) is 5.91 Å². The first-order valence-electron chi connectivity index (χ1n) is 9.28. The Balaban J connectivity index is 1.66. The fourth-order valence-corrected chi connectivity index (χ4v) is 3.93. The number of rotatable bonds is 9. The van der Waals surface area contributed by atoms with E-state index >= 15 is 0 Å². The van der Waals surface area contributed by atoms with E-state index in [1.165, 1.54) is 11.8 Å². The van der Waals surface area contributed by atoms with Gasteiger partial charge < -0.3 is 9.88 Å². The first kappa shape index (κ1) is 22.0. The average molecular weight is 485 g/mol. The molecule has 0 radical (unpaired) electrons. The molecule has 3 rings (SSSR count). The molecule has 30 heavy (non-hydrogen) atoms. The maximum atomic E-state index is 12.5. The van der Waals surface area contributed by atoms with Crippen molar-refractivity contribution in [3.05, 3.63) is 88.2 Å². The normalized spacial score (nSPS) is 10.6. The highest BCUT2D eigenvalue weighted by Gasteiger charge is 2.16. The highest BCUT2D eigenvalue weighted by atomic mass is 79.9. The number of nitrogens with one attached hydrogen (secondary N) is 1. The second kappa shape index (κ2) is 10.4. The second-order valence-electron chi connectivity index (χ2n) is 6.51. The zero-order chi connectivity index (χ0) is 21.5. The molecular formula is C22H21BrN4O2S. The summed E-state index contributed by atoms with van der Waals surface area (Å²) in [5.74, 6) is 0.693. The fourth-order valence-electron chi connectivity index (χ4n) is 2.80. The Hall–Kier alpha value is -2.71. The van der Waals surface area contributed by atoms with Crippen molar-refractivity contribution in [2.45, 2.75) is 25.2 Å². The highest BCUT2D eigenvalue weighted by Crippen LogP contribution is 2.20. The number of ketones is 1. The molecule has 0 aliphatic heterocycles. The zero-order valence-corrected chi connectivity index (χ0v) is 18.9. The van der Waals surface area contributed by atoms with Crippen LogP contribution in [0.15, 0.2) is 70.8 Å². The molecule has 0 unspecified atom stereocenters. The maximum Gasteiger partial charge on any atom is 0.251 e. The summed E-state index contributed by atoms with van der Waals surface area (Å²) in [5, 5.41) is 11.9. The summed E-state index contributed by atoms with van der Waals surface area (Å²) in [5.41, 5.74) is 2.18. The molecule has 0 saturated heterocycles. The van der Waals surface area contributed by atoms with Gasteiger partial charge in [0, 0.05) is 22.1 Å². The van der Waals surface area contributed by atoms with Gasteiger partial charge in [-0.2, -0.15) is 0 Å². The third-order valence-corrected chi connectivity index (χ3v) is 5.90. The Kier molecular flexibility index (Phi) is 7.59. The predicted octanol–water partition coefficient (Wildman–Crippen LogP) is 4.44. The SMILES string of the molecule is C=CCn1c(CNC(=O)c2ccccc2C)nnc1SCC(=O)c1ccc(Br)cc1. The third-order valence-electron chi connectivity index (χ3n) is 4.40. The number of aryl methyl sites for hydroxylation is 1. The number of carbonyl (C=O) groups is 2. The average Bonchev–Trinajstić information content (AvgIpc) is 3.13. The Morgan fingerprint density at radius 2 is 1.90 bits per heavy atom. The van der Waals surface area contributed by atoms with Gasteiger partial charge in [0.2, 0.25) is 0 Å². The molecule has 0 fully saturated rings. The third kappa shape index (κ3) is 5.46. The maximum absolute atomic E-state index is 12.5. The Morgan fingerprint density at radius 1 is 1.17 bits per heavy atom. The van der Waals surface area contributed by atoms with E-state index in [1.54, 1.807) is 24.3 Å². The van der Waals surface area contributed by atoms with E-state index in [4.69, 9.17) is 0 Å². The van der Waals surface area contributed by atoms with Gasteiger partial charge >= 0.3 is 0 Å². The summed E-state index contributed by atoms with van der Waals surface area (Å²) in [6, 6.07) is 14.7. The largest absolute Gasteiger partial charge is 0.345 e. The Labute approximate surface area is 187 Å². The lowest BCUT2D eigenvalue weighted by Crippen LogP contribution is -2.25. The molecule has 2 aromatic carbocycles. The Morgan fingerprint density at radius 3 is 2.60 bits per heavy atom. The smallest absolute Gasteiger partial charge is 0.251 e. The number of thioether (sulfide) groups is 1. The van der Waals surface area contributed by atoms with Crippen molar-refractivity contribution >= 4 is 39.4 Å². The van der Waals surface area contributed by atoms with Crippen LogP contribution in [0.5, 0.6) is 0 Å². The van der Waals surface area contributed by atoms with Crippen molar-refractivity contribution < 1.29 is 9.59 Å². The van der Waals surface area contributed by atoms with Gasteiger partial charge in [-0.3, -0.25) is 9.59 Å². The minimum Gasteiger partial charge on any atom is -0.345 e. The first-order chi connectivity index (χ1) is 14.5. The molecule has 0 bridgehead atoms. The number of carbonyl (C=O) groups excluding carboxylic acids is 2. The van der Waals surface area contributed by atoms with Crippen molar-refractivity contribution in [1.29, 1.82) is 0 Å². The number of Topliss-reactive ketones (excluding diaryl/α,β-unsaturated/α-hetero) is 1. The molecule has 1 heterocycles. The van der Waals surface area contributed by atoms with E-state index in [0.29, 0.717) is 28.7 Å². The summed E-state index contributed by atoms with van der Waals surface area (Å²) < 4.78 is 2.78. The van der Waals surface area contributed by atoms with Crippen LogP contribution in [0, 0.1) is 6.92 Å². The van der Waals surface area contributed by atoms with Crippen LogP contribution >= 0.6 is 27.7 Å². The minimum atomic E-state index is -0.166. The standard InChI is InChI=1S/C22H21BrN4O2S/c1-3-12-27-20(13-24-21(29)18-7-5-4-6-15(18)2)25-26-22(27)30-14-19(28)16-8-10-17(23)11-9-16/h3-11H,1,12-14H2,2H3,(H,24,29). The molecule has 154 valence electrons. The van der Waals surface area contributed by atoms with Crippen LogP contribution < -0.4 is 5.32 Å². The van der Waals surface area contributed by atoms with E-state index in [2.05, 4.69) is 38.0 Å². The number of aromatic nitrogens is 3. The van der Waals surface area contributed by atoms with Crippen molar-refractivity contribution in [3.63, 3.8) is 0 Å². The first-order valence-corrected chi connectivity index (χ1v) is 11.1. The molecule has 1 aromatic heterocycles. The van der Waals surface area contributed by atoms with E-state index in [1.807, 2.05) is 41.8 Å². The lowest BCUT2D eigenvalue weighted by molar-refractivity contribution is 0.0948. The molecule has 8 heteroatoms. The van der Waals surface area contributed by atoms with Crippen molar-refractivity contribution in [2.24, 2.45) is 0 Å². The molecule has 6 nitrogen and oxygen atoms in total. The molecule has 0 aliphatic rings. The molecule has 0 atom stereocenters. The molecule has 0 aliphatic carbocycles. The van der Waals surface area contributed by atoms with Gasteiger partial charge in [0.1, 0.15) is 0 Å². The van der Waals surface area contributed by atoms with Crippen LogP contribution in [0.3, 0.4) is 0 Å². The zero-order valence-electron chi connectivity index (χ0n) is 16.5. The number of halogens is 1. The number of hydrogen-bond donors (Lipinski definition) is 1. The van der Waals surface area contributed by atoms with E-state index in [9.17, 15) is 9.59 Å². The number of benzene rings is 2. The molecule has 3 aromatic rings. The van der Waals surface area contributed by atoms with Crippen LogP contribution in [0.1, 0.15) is 32.1 Å². The van der Waals surface area contributed by atoms with E-state index < -0.39 is 0 Å². The van der Waals surface area contributed by atoms with Crippen LogP contribution in [-0.2, 0) is 13.1 Å². The van der Waals surface area contributed by atoms with Crippen LogP contribution in [0.2, 0.25) is 0 Å². The van der Waals surface area contributed by atoms with Crippen LogP contribution in [-0.4, -0.2) is 32.2 Å². The van der Waals surface area contributed by atoms with Gasteiger partial charge in [-0.15, -0.1) is 16.8 Å². The van der Waals surface area contributed by atoms with Crippen molar-refractivity contribution in [2.75, 3.05) is 5.75 Å². The number of hydrogen-bond acceptors (Lipinski definition) is 5. The molecule has 1 amide bonds. The summed E-state index contributed by atoms with van der Waals surface area (Å²) >= 11 is 4.68. The summed E-state index contributed by atoms with van der Waals surface area (Å²) in [4.78, 5) is 24.9. The topological polar surface area (TPSA) is 76.9 Å². The van der Waals surface area contributed by atoms with Crippen molar-refractivity contribution in [3.8, 4) is 0 Å². The highest BCUT2D eigenvalue weighted by molar-refractivity contribution is 9.10. The minimum absolute atomic E-state index is 0.00931. The van der Waals surface area contributed by atoms with Gasteiger partial charge in [0.05, 0.1) is 12.3 Å². The molecule has 1 N–H and O–H groups in total. The summed E-state index contributed by atoms with van der Waals surface area (Å²) in [6.07, 6.45) is 1.73. The van der Waals surface area contributed by atoms with E-state index in [0.717, 1.165) is 10.0 Å². The fraction of sp³-hybridized carbons (Fsp3) is 0.182. The molecule has 0 spiro atoms. The van der Waals surface area contributed by atoms with Gasteiger partial charge in [-0.25, -0.2) is 0 Å². The van der Waals surface area contributed by atoms with Gasteiger partial charge in [0.15, 0.2) is 16.8 Å². The second-order valence-corrected chi connectivity index (χ2v) is 8.37. The van der Waals surface area contributed by atoms with E-state index in [-0.39, 0.29) is 24.0 Å². The van der Waals surface area contributed by atoms with Crippen LogP contribution in [0.25, 0.3) is 0 Å². The summed E-state index contributed by atoms with van der Waals surface area (Å²) in [7, 11) is 0. The molecule has 0 saturated carbocycles. The lowest BCUT2D eigenvalue weighted by atomic mass is 10.1. The number of amides is 1. The number of nitrogens with zero attached hydrogens (tertiary/aromatic N) is 3. The Bertz CT molecular complexity index is 1060.